The van der Waals surface area contributed by atoms with Crippen LogP contribution in [0.15, 0.2) is 47.3 Å². The van der Waals surface area contributed by atoms with Crippen LogP contribution in [-0.4, -0.2) is 58.1 Å². The summed E-state index contributed by atoms with van der Waals surface area (Å²) in [6.45, 7) is 11.2. The lowest BCUT2D eigenvalue weighted by Gasteiger charge is -2.32. The maximum Gasteiger partial charge on any atom is 0.346 e. The van der Waals surface area contributed by atoms with Gasteiger partial charge in [-0.2, -0.15) is 5.10 Å². The molecule has 1 aliphatic heterocycles. The zero-order valence-electron chi connectivity index (χ0n) is 22.8. The van der Waals surface area contributed by atoms with Crippen molar-refractivity contribution in [2.45, 2.75) is 59.5 Å². The predicted molar refractivity (Wildman–Crippen MR) is 146 cm³/mol. The summed E-state index contributed by atoms with van der Waals surface area (Å²) in [5.74, 6) is 2.38. The van der Waals surface area contributed by atoms with Gasteiger partial charge in [-0.1, -0.05) is 30.3 Å². The molecule has 204 valence electrons. The van der Waals surface area contributed by atoms with Gasteiger partial charge in [0.05, 0.1) is 26.4 Å². The summed E-state index contributed by atoms with van der Waals surface area (Å²) in [5, 5.41) is 4.74. The standard InChI is InChI=1S/C29H38N4O5/c1-5-32-27(30-33(29(32)35)20-21-12-10-9-11-13-21)22-14-16-31(17-15-22)28(34)23-18-24(36-6-2)26(38-8-4)25(19-23)37-7-3/h9-13,18-19,22H,5-8,14-17,20H2,1-4H3. The zero-order valence-corrected chi connectivity index (χ0v) is 22.8. The van der Waals surface area contributed by atoms with Gasteiger partial charge in [0, 0.05) is 31.1 Å². The molecule has 0 saturated carbocycles. The van der Waals surface area contributed by atoms with Crippen LogP contribution in [0.1, 0.15) is 68.2 Å². The summed E-state index contributed by atoms with van der Waals surface area (Å²) in [7, 11) is 0. The minimum Gasteiger partial charge on any atom is -0.490 e. The molecule has 4 rings (SSSR count). The Labute approximate surface area is 223 Å². The van der Waals surface area contributed by atoms with E-state index in [1.807, 2.05) is 62.9 Å². The van der Waals surface area contributed by atoms with Gasteiger partial charge in [-0.05, 0) is 58.2 Å². The lowest BCUT2D eigenvalue weighted by molar-refractivity contribution is 0.0709. The molecule has 9 nitrogen and oxygen atoms in total. The maximum absolute atomic E-state index is 13.5. The van der Waals surface area contributed by atoms with Crippen LogP contribution in [0.3, 0.4) is 0 Å². The van der Waals surface area contributed by atoms with Gasteiger partial charge in [0.25, 0.3) is 5.91 Å². The number of likely N-dealkylation sites (tertiary alicyclic amines) is 1. The van der Waals surface area contributed by atoms with Crippen LogP contribution in [0.5, 0.6) is 17.2 Å². The van der Waals surface area contributed by atoms with Crippen molar-refractivity contribution in [2.75, 3.05) is 32.9 Å². The second kappa shape index (κ2) is 12.7. The van der Waals surface area contributed by atoms with Gasteiger partial charge in [0.2, 0.25) is 5.75 Å². The Morgan fingerprint density at radius 3 is 2.08 bits per heavy atom. The van der Waals surface area contributed by atoms with Crippen LogP contribution in [-0.2, 0) is 13.1 Å². The summed E-state index contributed by atoms with van der Waals surface area (Å²) in [6, 6.07) is 13.4. The van der Waals surface area contributed by atoms with E-state index in [9.17, 15) is 9.59 Å². The smallest absolute Gasteiger partial charge is 0.346 e. The van der Waals surface area contributed by atoms with E-state index in [-0.39, 0.29) is 17.5 Å². The summed E-state index contributed by atoms with van der Waals surface area (Å²) in [4.78, 5) is 28.4. The molecule has 1 saturated heterocycles. The zero-order chi connectivity index (χ0) is 27.1. The molecule has 1 aliphatic rings. The number of piperidine rings is 1. The first-order valence-electron chi connectivity index (χ1n) is 13.6. The van der Waals surface area contributed by atoms with Crippen molar-refractivity contribution in [1.29, 1.82) is 0 Å². The second-order valence-corrected chi connectivity index (χ2v) is 9.20. The van der Waals surface area contributed by atoms with Crippen LogP contribution >= 0.6 is 0 Å². The fourth-order valence-corrected chi connectivity index (χ4v) is 4.95. The molecule has 1 fully saturated rings. The summed E-state index contributed by atoms with van der Waals surface area (Å²) < 4.78 is 20.7. The van der Waals surface area contributed by atoms with Crippen LogP contribution in [0.25, 0.3) is 0 Å². The number of carbonyl (C=O) groups is 1. The molecule has 1 amide bonds. The number of ether oxygens (including phenoxy) is 3. The number of hydrogen-bond donors (Lipinski definition) is 0. The van der Waals surface area contributed by atoms with Crippen molar-refractivity contribution in [1.82, 2.24) is 19.2 Å². The predicted octanol–water partition coefficient (Wildman–Crippen LogP) is 4.33. The average molecular weight is 523 g/mol. The Hall–Kier alpha value is -3.75. The van der Waals surface area contributed by atoms with E-state index in [1.165, 1.54) is 0 Å². The van der Waals surface area contributed by atoms with E-state index in [2.05, 4.69) is 0 Å². The van der Waals surface area contributed by atoms with E-state index in [0.717, 1.165) is 24.2 Å². The van der Waals surface area contributed by atoms with Gasteiger partial charge < -0.3 is 19.1 Å². The summed E-state index contributed by atoms with van der Waals surface area (Å²) in [6.07, 6.45) is 1.47. The van der Waals surface area contributed by atoms with Crippen LogP contribution in [0, 0.1) is 0 Å². The number of amides is 1. The molecule has 0 atom stereocenters. The number of rotatable bonds is 11. The van der Waals surface area contributed by atoms with Crippen molar-refractivity contribution in [3.63, 3.8) is 0 Å². The number of hydrogen-bond acceptors (Lipinski definition) is 6. The largest absolute Gasteiger partial charge is 0.490 e. The monoisotopic (exact) mass is 522 g/mol. The molecular formula is C29H38N4O5. The normalized spacial score (nSPS) is 13.9. The number of benzene rings is 2. The number of nitrogens with zero attached hydrogens (tertiary/aromatic N) is 4. The van der Waals surface area contributed by atoms with Crippen molar-refractivity contribution in [3.8, 4) is 17.2 Å². The summed E-state index contributed by atoms with van der Waals surface area (Å²) >= 11 is 0. The molecule has 38 heavy (non-hydrogen) atoms. The molecule has 0 N–H and O–H groups in total. The van der Waals surface area contributed by atoms with Gasteiger partial charge in [-0.15, -0.1) is 0 Å². The highest BCUT2D eigenvalue weighted by Gasteiger charge is 2.30. The van der Waals surface area contributed by atoms with Crippen molar-refractivity contribution in [2.24, 2.45) is 0 Å². The van der Waals surface area contributed by atoms with Gasteiger partial charge >= 0.3 is 5.69 Å². The molecule has 1 aromatic heterocycles. The Morgan fingerprint density at radius 1 is 0.921 bits per heavy atom. The third-order valence-corrected chi connectivity index (χ3v) is 6.75. The lowest BCUT2D eigenvalue weighted by atomic mass is 9.95. The van der Waals surface area contributed by atoms with E-state index in [1.54, 1.807) is 21.4 Å². The quantitative estimate of drug-likeness (QED) is 0.373. The van der Waals surface area contributed by atoms with Gasteiger partial charge in [0.15, 0.2) is 11.5 Å². The SMILES string of the molecule is CCOc1cc(C(=O)N2CCC(c3nn(Cc4ccccc4)c(=O)n3CC)CC2)cc(OCC)c1OCC. The Kier molecular flexibility index (Phi) is 9.10. The fraction of sp³-hybridized carbons (Fsp3) is 0.483. The van der Waals surface area contributed by atoms with Crippen LogP contribution in [0.2, 0.25) is 0 Å². The molecule has 0 aliphatic carbocycles. The molecule has 0 spiro atoms. The van der Waals surface area contributed by atoms with E-state index >= 15 is 0 Å². The van der Waals surface area contributed by atoms with Gasteiger partial charge in [-0.3, -0.25) is 9.36 Å². The minimum atomic E-state index is -0.0915. The molecule has 2 heterocycles. The first-order chi connectivity index (χ1) is 18.5. The summed E-state index contributed by atoms with van der Waals surface area (Å²) in [5.41, 5.74) is 1.46. The Balaban J connectivity index is 1.51. The molecule has 0 unspecified atom stereocenters. The molecular weight excluding hydrogens is 484 g/mol. The number of carbonyl (C=O) groups excluding carboxylic acids is 1. The highest BCUT2D eigenvalue weighted by Crippen LogP contribution is 2.40. The molecule has 2 aromatic carbocycles. The first kappa shape index (κ1) is 27.3. The first-order valence-corrected chi connectivity index (χ1v) is 13.6. The maximum atomic E-state index is 13.5. The second-order valence-electron chi connectivity index (χ2n) is 9.20. The lowest BCUT2D eigenvalue weighted by Crippen LogP contribution is -2.38. The topological polar surface area (TPSA) is 87.8 Å². The van der Waals surface area contributed by atoms with Crippen LogP contribution < -0.4 is 19.9 Å². The van der Waals surface area contributed by atoms with Gasteiger partial charge in [0.1, 0.15) is 5.82 Å². The minimum absolute atomic E-state index is 0.0732. The molecule has 0 radical (unpaired) electrons. The van der Waals surface area contributed by atoms with Crippen LogP contribution in [0.4, 0.5) is 0 Å². The third-order valence-electron chi connectivity index (χ3n) is 6.75. The Bertz CT molecular complexity index is 1250. The van der Waals surface area contributed by atoms with Crippen molar-refractivity contribution < 1.29 is 19.0 Å². The van der Waals surface area contributed by atoms with Crippen molar-refractivity contribution >= 4 is 5.91 Å². The van der Waals surface area contributed by atoms with E-state index in [4.69, 9.17) is 19.3 Å². The Morgan fingerprint density at radius 2 is 1.53 bits per heavy atom. The number of aromatic nitrogens is 3. The van der Waals surface area contributed by atoms with Crippen molar-refractivity contribution in [3.05, 3.63) is 69.9 Å². The fourth-order valence-electron chi connectivity index (χ4n) is 4.95. The van der Waals surface area contributed by atoms with E-state index < -0.39 is 0 Å². The molecule has 9 heteroatoms. The highest BCUT2D eigenvalue weighted by molar-refractivity contribution is 5.95. The highest BCUT2D eigenvalue weighted by atomic mass is 16.5. The molecule has 3 aromatic rings. The van der Waals surface area contributed by atoms with Gasteiger partial charge in [-0.25, -0.2) is 9.48 Å². The third kappa shape index (κ3) is 5.87. The average Bonchev–Trinajstić information content (AvgIpc) is 3.25. The molecule has 0 bridgehead atoms. The van der Waals surface area contributed by atoms with E-state index in [0.29, 0.717) is 68.8 Å².